The highest BCUT2D eigenvalue weighted by Gasteiger charge is 2.25. The monoisotopic (exact) mass is 438 g/mol. The number of benzene rings is 3. The van der Waals surface area contributed by atoms with Gasteiger partial charge in [0, 0.05) is 0 Å². The Bertz CT molecular complexity index is 1050. The second kappa shape index (κ2) is 10.2. The van der Waals surface area contributed by atoms with E-state index in [2.05, 4.69) is 10.0 Å². The van der Waals surface area contributed by atoms with E-state index >= 15 is 0 Å². The van der Waals surface area contributed by atoms with Crippen LogP contribution >= 0.6 is 0 Å². The van der Waals surface area contributed by atoms with Crippen LogP contribution in [0.25, 0.3) is 0 Å². The average molecular weight is 439 g/mol. The highest BCUT2D eigenvalue weighted by Crippen LogP contribution is 2.22. The number of hydrogen-bond acceptors (Lipinski definition) is 4. The zero-order valence-corrected chi connectivity index (χ0v) is 18.3. The molecule has 3 aromatic carbocycles. The number of ether oxygens (including phenoxy) is 1. The lowest BCUT2D eigenvalue weighted by molar-refractivity contribution is -0.122. The van der Waals surface area contributed by atoms with Crippen LogP contribution in [-0.2, 0) is 14.8 Å². The smallest absolute Gasteiger partial charge is 0.241 e. The van der Waals surface area contributed by atoms with E-state index in [4.69, 9.17) is 4.74 Å². The Balaban J connectivity index is 1.74. The summed E-state index contributed by atoms with van der Waals surface area (Å²) in [5, 5.41) is 2.96. The molecule has 0 unspecified atom stereocenters. The molecule has 0 spiro atoms. The van der Waals surface area contributed by atoms with Gasteiger partial charge in [0.05, 0.1) is 23.6 Å². The van der Waals surface area contributed by atoms with Gasteiger partial charge in [0.25, 0.3) is 0 Å². The van der Waals surface area contributed by atoms with Crippen LogP contribution in [0.15, 0.2) is 89.8 Å². The number of rotatable bonds is 9. The average Bonchev–Trinajstić information content (AvgIpc) is 2.79. The maximum absolute atomic E-state index is 12.9. The van der Waals surface area contributed by atoms with E-state index in [0.717, 1.165) is 11.1 Å². The molecule has 6 nitrogen and oxygen atoms in total. The van der Waals surface area contributed by atoms with Crippen molar-refractivity contribution in [3.8, 4) is 5.75 Å². The van der Waals surface area contributed by atoms with Crippen LogP contribution in [0, 0.1) is 0 Å². The first-order chi connectivity index (χ1) is 14.9. The molecular weight excluding hydrogens is 412 g/mol. The van der Waals surface area contributed by atoms with Gasteiger partial charge in [0.1, 0.15) is 5.75 Å². The predicted molar refractivity (Wildman–Crippen MR) is 120 cm³/mol. The molecule has 3 aromatic rings. The van der Waals surface area contributed by atoms with E-state index < -0.39 is 28.0 Å². The Morgan fingerprint density at radius 3 is 1.87 bits per heavy atom. The second-order valence-corrected chi connectivity index (χ2v) is 8.72. The molecule has 1 atom stereocenters. The van der Waals surface area contributed by atoms with Crippen LogP contribution in [0.3, 0.4) is 0 Å². The van der Waals surface area contributed by atoms with Crippen LogP contribution in [0.2, 0.25) is 0 Å². The maximum atomic E-state index is 12.9. The zero-order chi connectivity index (χ0) is 22.3. The lowest BCUT2D eigenvalue weighted by atomic mass is 9.98. The van der Waals surface area contributed by atoms with Crippen molar-refractivity contribution in [3.05, 3.63) is 96.1 Å². The second-order valence-electron chi connectivity index (χ2n) is 7.01. The quantitative estimate of drug-likeness (QED) is 0.534. The summed E-state index contributed by atoms with van der Waals surface area (Å²) in [4.78, 5) is 13.0. The van der Waals surface area contributed by atoms with E-state index in [1.807, 2.05) is 67.6 Å². The molecule has 0 aromatic heterocycles. The third-order valence-corrected chi connectivity index (χ3v) is 6.28. The maximum Gasteiger partial charge on any atom is 0.241 e. The van der Waals surface area contributed by atoms with Crippen molar-refractivity contribution < 1.29 is 17.9 Å². The van der Waals surface area contributed by atoms with E-state index in [0.29, 0.717) is 12.4 Å². The van der Waals surface area contributed by atoms with E-state index in [1.165, 1.54) is 19.1 Å². The minimum atomic E-state index is -3.87. The summed E-state index contributed by atoms with van der Waals surface area (Å²) in [5.41, 5.74) is 1.81. The fraction of sp³-hybridized carbons (Fsp3) is 0.208. The molecule has 162 valence electrons. The summed E-state index contributed by atoms with van der Waals surface area (Å²) >= 11 is 0. The van der Waals surface area contributed by atoms with Gasteiger partial charge in [-0.2, -0.15) is 4.72 Å². The highest BCUT2D eigenvalue weighted by atomic mass is 32.2. The van der Waals surface area contributed by atoms with Crippen LogP contribution in [-0.4, -0.2) is 27.0 Å². The van der Waals surface area contributed by atoms with E-state index in [1.54, 1.807) is 12.1 Å². The third-order valence-electron chi connectivity index (χ3n) is 4.72. The Labute approximate surface area is 183 Å². The van der Waals surface area contributed by atoms with Crippen LogP contribution in [0.1, 0.15) is 31.0 Å². The molecule has 0 saturated heterocycles. The van der Waals surface area contributed by atoms with Gasteiger partial charge in [-0.1, -0.05) is 60.7 Å². The lowest BCUT2D eigenvalue weighted by Crippen LogP contribution is -2.46. The Morgan fingerprint density at radius 2 is 1.39 bits per heavy atom. The molecule has 31 heavy (non-hydrogen) atoms. The molecule has 2 N–H and O–H groups in total. The van der Waals surface area contributed by atoms with E-state index in [-0.39, 0.29) is 4.90 Å². The molecule has 1 amide bonds. The van der Waals surface area contributed by atoms with Crippen molar-refractivity contribution in [1.82, 2.24) is 10.0 Å². The summed E-state index contributed by atoms with van der Waals surface area (Å²) in [5.74, 6) is 0.160. The third kappa shape index (κ3) is 5.93. The number of carbonyl (C=O) groups excluding carboxylic acids is 1. The molecule has 0 aliphatic carbocycles. The summed E-state index contributed by atoms with van der Waals surface area (Å²) < 4.78 is 33.2. The first-order valence-corrected chi connectivity index (χ1v) is 11.5. The number of carbonyl (C=O) groups is 1. The van der Waals surface area contributed by atoms with Gasteiger partial charge in [0.2, 0.25) is 15.9 Å². The lowest BCUT2D eigenvalue weighted by Gasteiger charge is -2.22. The number of amides is 1. The summed E-state index contributed by atoms with van der Waals surface area (Å²) in [6, 6.07) is 23.8. The summed E-state index contributed by atoms with van der Waals surface area (Å²) in [6.07, 6.45) is 0. The largest absolute Gasteiger partial charge is 0.494 e. The fourth-order valence-electron chi connectivity index (χ4n) is 3.15. The number of sulfonamides is 1. The first-order valence-electron chi connectivity index (χ1n) is 10.1. The van der Waals surface area contributed by atoms with Gasteiger partial charge in [-0.25, -0.2) is 8.42 Å². The molecule has 3 rings (SSSR count). The molecule has 0 bridgehead atoms. The zero-order valence-electron chi connectivity index (χ0n) is 17.5. The van der Waals surface area contributed by atoms with E-state index in [9.17, 15) is 13.2 Å². The summed E-state index contributed by atoms with van der Waals surface area (Å²) in [7, 11) is -3.87. The van der Waals surface area contributed by atoms with Crippen LogP contribution < -0.4 is 14.8 Å². The van der Waals surface area contributed by atoms with Crippen molar-refractivity contribution in [2.75, 3.05) is 6.61 Å². The summed E-state index contributed by atoms with van der Waals surface area (Å²) in [6.45, 7) is 3.87. The molecule has 0 fully saturated rings. The molecule has 0 saturated carbocycles. The van der Waals surface area contributed by atoms with Crippen molar-refractivity contribution >= 4 is 15.9 Å². The Kier molecular flexibility index (Phi) is 7.44. The molecule has 0 heterocycles. The van der Waals surface area contributed by atoms with Gasteiger partial charge < -0.3 is 10.1 Å². The standard InChI is InChI=1S/C24H26N2O4S/c1-3-30-21-14-16-22(17-15-21)31(28,29)26-18(2)24(27)25-23(19-10-6-4-7-11-19)20-12-8-5-9-13-20/h4-18,23,26H,3H2,1-2H3,(H,25,27)/t18-/m1/s1. The minimum absolute atomic E-state index is 0.0678. The van der Waals surface area contributed by atoms with Gasteiger partial charge in [-0.05, 0) is 49.2 Å². The molecule has 0 aliphatic rings. The fourth-order valence-corrected chi connectivity index (χ4v) is 4.36. The molecule has 7 heteroatoms. The number of nitrogens with one attached hydrogen (secondary N) is 2. The topological polar surface area (TPSA) is 84.5 Å². The molecular formula is C24H26N2O4S. The van der Waals surface area contributed by atoms with Gasteiger partial charge in [0.15, 0.2) is 0 Å². The normalized spacial score (nSPS) is 12.4. The minimum Gasteiger partial charge on any atom is -0.494 e. The first kappa shape index (κ1) is 22.5. The van der Waals surface area contributed by atoms with Crippen molar-refractivity contribution in [1.29, 1.82) is 0 Å². The SMILES string of the molecule is CCOc1ccc(S(=O)(=O)N[C@H](C)C(=O)NC(c2ccccc2)c2ccccc2)cc1. The Hall–Kier alpha value is -3.16. The van der Waals surface area contributed by atoms with Gasteiger partial charge in [-0.3, -0.25) is 4.79 Å². The van der Waals surface area contributed by atoms with Crippen molar-refractivity contribution in [2.24, 2.45) is 0 Å². The van der Waals surface area contributed by atoms with Crippen LogP contribution in [0.4, 0.5) is 0 Å². The van der Waals surface area contributed by atoms with Gasteiger partial charge in [-0.15, -0.1) is 0 Å². The predicted octanol–water partition coefficient (Wildman–Crippen LogP) is 3.66. The molecule has 0 aliphatic heterocycles. The van der Waals surface area contributed by atoms with Crippen LogP contribution in [0.5, 0.6) is 5.75 Å². The van der Waals surface area contributed by atoms with Gasteiger partial charge >= 0.3 is 0 Å². The van der Waals surface area contributed by atoms with Crippen molar-refractivity contribution in [3.63, 3.8) is 0 Å². The van der Waals surface area contributed by atoms with Crippen molar-refractivity contribution in [2.45, 2.75) is 30.8 Å². The highest BCUT2D eigenvalue weighted by molar-refractivity contribution is 7.89. The molecule has 0 radical (unpaired) electrons. The number of hydrogen-bond donors (Lipinski definition) is 2. The Morgan fingerprint density at radius 1 is 0.871 bits per heavy atom.